The Kier molecular flexibility index (Phi) is 3.42. The standard InChI is InChI=1S/C23H15N3/c1-2-6-21-16(4-1)9-11-19(25-21)13-14-20-12-10-18-8-7-17-5-3-15-24-22(17)23(18)26-20/h1-15H/b14-13+. The van der Waals surface area contributed by atoms with Crippen LogP contribution in [-0.4, -0.2) is 15.0 Å². The van der Waals surface area contributed by atoms with Crippen LogP contribution < -0.4 is 0 Å². The van der Waals surface area contributed by atoms with Gasteiger partial charge < -0.3 is 0 Å². The monoisotopic (exact) mass is 333 g/mol. The van der Waals surface area contributed by atoms with E-state index in [1.54, 1.807) is 0 Å². The zero-order valence-electron chi connectivity index (χ0n) is 14.0. The van der Waals surface area contributed by atoms with Crippen LogP contribution in [0.25, 0.3) is 44.9 Å². The third-order valence-electron chi connectivity index (χ3n) is 4.50. The number of hydrogen-bond acceptors (Lipinski definition) is 3. The first-order chi connectivity index (χ1) is 12.9. The summed E-state index contributed by atoms with van der Waals surface area (Å²) in [4.78, 5) is 14.0. The number of rotatable bonds is 2. The van der Waals surface area contributed by atoms with Crippen LogP contribution in [0, 0.1) is 0 Å². The molecule has 0 fully saturated rings. The van der Waals surface area contributed by atoms with Gasteiger partial charge in [0.2, 0.25) is 0 Å². The van der Waals surface area contributed by atoms with Crippen LogP contribution in [0.2, 0.25) is 0 Å². The maximum atomic E-state index is 4.80. The highest BCUT2D eigenvalue weighted by Gasteiger charge is 2.03. The molecule has 3 heterocycles. The van der Waals surface area contributed by atoms with E-state index in [4.69, 9.17) is 4.98 Å². The molecule has 0 N–H and O–H groups in total. The molecular formula is C23H15N3. The van der Waals surface area contributed by atoms with Gasteiger partial charge in [0.15, 0.2) is 0 Å². The average Bonchev–Trinajstić information content (AvgIpc) is 2.72. The Morgan fingerprint density at radius 2 is 1.19 bits per heavy atom. The van der Waals surface area contributed by atoms with Crippen molar-refractivity contribution in [3.63, 3.8) is 0 Å². The zero-order chi connectivity index (χ0) is 17.3. The van der Waals surface area contributed by atoms with Gasteiger partial charge in [0, 0.05) is 22.4 Å². The maximum absolute atomic E-state index is 4.80. The van der Waals surface area contributed by atoms with Crippen molar-refractivity contribution in [2.45, 2.75) is 0 Å². The molecule has 0 spiro atoms. The summed E-state index contributed by atoms with van der Waals surface area (Å²) in [6.45, 7) is 0. The maximum Gasteiger partial charge on any atom is 0.0971 e. The predicted molar refractivity (Wildman–Crippen MR) is 108 cm³/mol. The molecule has 2 aromatic carbocycles. The van der Waals surface area contributed by atoms with Gasteiger partial charge in [-0.1, -0.05) is 48.5 Å². The highest BCUT2D eigenvalue weighted by atomic mass is 14.7. The molecule has 3 aromatic heterocycles. The first-order valence-electron chi connectivity index (χ1n) is 8.55. The number of fused-ring (bicyclic) bond motifs is 4. The second kappa shape index (κ2) is 6.05. The second-order valence-electron chi connectivity index (χ2n) is 6.21. The zero-order valence-corrected chi connectivity index (χ0v) is 14.0. The lowest BCUT2D eigenvalue weighted by Gasteiger charge is -2.03. The molecular weight excluding hydrogens is 318 g/mol. The summed E-state index contributed by atoms with van der Waals surface area (Å²) in [7, 11) is 0. The van der Waals surface area contributed by atoms with Gasteiger partial charge in [-0.15, -0.1) is 0 Å². The van der Waals surface area contributed by atoms with Crippen molar-refractivity contribution in [3.05, 3.63) is 90.4 Å². The van der Waals surface area contributed by atoms with Gasteiger partial charge in [-0.3, -0.25) is 4.98 Å². The lowest BCUT2D eigenvalue weighted by atomic mass is 10.1. The Bertz CT molecular complexity index is 1290. The number of benzene rings is 2. The molecule has 0 unspecified atom stereocenters. The molecule has 122 valence electrons. The minimum atomic E-state index is 0.894. The molecule has 0 atom stereocenters. The van der Waals surface area contributed by atoms with Gasteiger partial charge in [0.05, 0.1) is 27.9 Å². The van der Waals surface area contributed by atoms with E-state index < -0.39 is 0 Å². The lowest BCUT2D eigenvalue weighted by molar-refractivity contribution is 1.35. The van der Waals surface area contributed by atoms with Gasteiger partial charge in [-0.25, -0.2) is 9.97 Å². The highest BCUT2D eigenvalue weighted by molar-refractivity contribution is 6.02. The van der Waals surface area contributed by atoms with E-state index in [0.29, 0.717) is 0 Å². The smallest absolute Gasteiger partial charge is 0.0971 e. The number of nitrogens with zero attached hydrogens (tertiary/aromatic N) is 3. The van der Waals surface area contributed by atoms with Crippen LogP contribution in [0.5, 0.6) is 0 Å². The van der Waals surface area contributed by atoms with E-state index in [2.05, 4.69) is 46.4 Å². The molecule has 0 aliphatic heterocycles. The van der Waals surface area contributed by atoms with E-state index in [-0.39, 0.29) is 0 Å². The van der Waals surface area contributed by atoms with Crippen LogP contribution in [0.4, 0.5) is 0 Å². The largest absolute Gasteiger partial charge is 0.254 e. The predicted octanol–water partition coefficient (Wildman–Crippen LogP) is 5.50. The molecule has 3 nitrogen and oxygen atoms in total. The van der Waals surface area contributed by atoms with Gasteiger partial charge in [0.25, 0.3) is 0 Å². The Labute approximate surface area is 150 Å². The SMILES string of the molecule is C(=C\c1ccc2ccc3cccnc3c2n1)/c1ccc2ccccc2n1. The molecule has 0 amide bonds. The van der Waals surface area contributed by atoms with Gasteiger partial charge in [0.1, 0.15) is 0 Å². The van der Waals surface area contributed by atoms with Crippen molar-refractivity contribution in [3.8, 4) is 0 Å². The molecule has 0 aliphatic carbocycles. The molecule has 0 aliphatic rings. The highest BCUT2D eigenvalue weighted by Crippen LogP contribution is 2.22. The van der Waals surface area contributed by atoms with Gasteiger partial charge >= 0.3 is 0 Å². The molecule has 3 heteroatoms. The van der Waals surface area contributed by atoms with Crippen molar-refractivity contribution >= 4 is 44.9 Å². The van der Waals surface area contributed by atoms with E-state index in [1.165, 1.54) is 0 Å². The molecule has 0 saturated carbocycles. The fraction of sp³-hybridized carbons (Fsp3) is 0. The first-order valence-corrected chi connectivity index (χ1v) is 8.55. The molecule has 26 heavy (non-hydrogen) atoms. The molecule has 0 saturated heterocycles. The van der Waals surface area contributed by atoms with Gasteiger partial charge in [-0.05, 0) is 36.4 Å². The Balaban J connectivity index is 1.57. The van der Waals surface area contributed by atoms with E-state index in [9.17, 15) is 0 Å². The van der Waals surface area contributed by atoms with Crippen LogP contribution in [-0.2, 0) is 0 Å². The molecule has 0 bridgehead atoms. The van der Waals surface area contributed by atoms with E-state index in [0.717, 1.165) is 44.1 Å². The second-order valence-corrected chi connectivity index (χ2v) is 6.21. The molecule has 5 rings (SSSR count). The third kappa shape index (κ3) is 2.60. The Hall–Kier alpha value is -3.59. The lowest BCUT2D eigenvalue weighted by Crippen LogP contribution is -1.88. The fourth-order valence-corrected chi connectivity index (χ4v) is 3.18. The minimum absolute atomic E-state index is 0.894. The summed E-state index contributed by atoms with van der Waals surface area (Å²) in [6.07, 6.45) is 5.81. The van der Waals surface area contributed by atoms with Crippen molar-refractivity contribution in [1.82, 2.24) is 15.0 Å². The average molecular weight is 333 g/mol. The number of para-hydroxylation sites is 1. The topological polar surface area (TPSA) is 38.7 Å². The van der Waals surface area contributed by atoms with Crippen molar-refractivity contribution in [2.75, 3.05) is 0 Å². The number of aromatic nitrogens is 3. The van der Waals surface area contributed by atoms with Crippen molar-refractivity contribution in [1.29, 1.82) is 0 Å². The Morgan fingerprint density at radius 3 is 2.08 bits per heavy atom. The number of hydrogen-bond donors (Lipinski definition) is 0. The van der Waals surface area contributed by atoms with Crippen LogP contribution in [0.15, 0.2) is 79.0 Å². The van der Waals surface area contributed by atoms with E-state index >= 15 is 0 Å². The molecule has 5 aromatic rings. The summed E-state index contributed by atoms with van der Waals surface area (Å²) >= 11 is 0. The van der Waals surface area contributed by atoms with Crippen LogP contribution >= 0.6 is 0 Å². The summed E-state index contributed by atoms with van der Waals surface area (Å²) in [5.74, 6) is 0. The van der Waals surface area contributed by atoms with Crippen LogP contribution in [0.1, 0.15) is 11.4 Å². The normalized spacial score (nSPS) is 11.7. The minimum Gasteiger partial charge on any atom is -0.254 e. The Morgan fingerprint density at radius 1 is 0.538 bits per heavy atom. The van der Waals surface area contributed by atoms with Gasteiger partial charge in [-0.2, -0.15) is 0 Å². The summed E-state index contributed by atoms with van der Waals surface area (Å²) < 4.78 is 0. The van der Waals surface area contributed by atoms with Crippen LogP contribution in [0.3, 0.4) is 0 Å². The molecule has 0 radical (unpaired) electrons. The first kappa shape index (κ1) is 14.7. The summed E-state index contributed by atoms with van der Waals surface area (Å²) in [6, 6.07) is 24.5. The quantitative estimate of drug-likeness (QED) is 0.400. The summed E-state index contributed by atoms with van der Waals surface area (Å²) in [5.41, 5.74) is 4.67. The number of pyridine rings is 3. The summed E-state index contributed by atoms with van der Waals surface area (Å²) in [5, 5.41) is 3.34. The fourth-order valence-electron chi connectivity index (χ4n) is 3.18. The third-order valence-corrected chi connectivity index (χ3v) is 4.50. The van der Waals surface area contributed by atoms with E-state index in [1.807, 2.05) is 54.7 Å². The van der Waals surface area contributed by atoms with Crippen molar-refractivity contribution < 1.29 is 0 Å². The van der Waals surface area contributed by atoms with Crippen molar-refractivity contribution in [2.24, 2.45) is 0 Å².